The average molecular weight is 250 g/mol. The number of aromatic nitrogens is 1. The highest BCUT2D eigenvalue weighted by Crippen LogP contribution is 2.22. The molecule has 0 aliphatic heterocycles. The van der Waals surface area contributed by atoms with Gasteiger partial charge >= 0.3 is 0 Å². The van der Waals surface area contributed by atoms with Crippen molar-refractivity contribution < 1.29 is 4.79 Å². The molecule has 1 heterocycles. The lowest BCUT2D eigenvalue weighted by molar-refractivity contribution is -0.125. The lowest BCUT2D eigenvalue weighted by atomic mass is 9.84. The van der Waals surface area contributed by atoms with E-state index in [1.807, 2.05) is 38.9 Å². The Labute approximate surface area is 108 Å². The van der Waals surface area contributed by atoms with Crippen LogP contribution < -0.4 is 11.1 Å². The van der Waals surface area contributed by atoms with E-state index in [1.54, 1.807) is 12.3 Å². The van der Waals surface area contributed by atoms with Gasteiger partial charge in [-0.1, -0.05) is 6.07 Å². The van der Waals surface area contributed by atoms with E-state index in [0.717, 1.165) is 12.1 Å². The van der Waals surface area contributed by atoms with Crippen molar-refractivity contribution in [3.63, 3.8) is 0 Å². The van der Waals surface area contributed by atoms with E-state index in [4.69, 9.17) is 5.73 Å². The minimum atomic E-state index is -0.604. The summed E-state index contributed by atoms with van der Waals surface area (Å²) in [6.07, 6.45) is 1.65. The lowest BCUT2D eigenvalue weighted by Crippen LogP contribution is -2.42. The zero-order valence-corrected chi connectivity index (χ0v) is 11.5. The van der Waals surface area contributed by atoms with E-state index < -0.39 is 5.41 Å². The molecule has 1 rings (SSSR count). The Morgan fingerprint density at radius 1 is 1.44 bits per heavy atom. The van der Waals surface area contributed by atoms with Gasteiger partial charge in [-0.15, -0.1) is 0 Å². The van der Waals surface area contributed by atoms with Gasteiger partial charge in [0, 0.05) is 19.3 Å². The van der Waals surface area contributed by atoms with Crippen LogP contribution in [0.5, 0.6) is 0 Å². The largest absolute Gasteiger partial charge is 0.384 e. The highest BCUT2D eigenvalue weighted by molar-refractivity contribution is 5.87. The summed E-state index contributed by atoms with van der Waals surface area (Å²) < 4.78 is 0. The molecule has 0 aliphatic carbocycles. The Morgan fingerprint density at radius 2 is 2.11 bits per heavy atom. The van der Waals surface area contributed by atoms with Gasteiger partial charge in [0.15, 0.2) is 0 Å². The second-order valence-electron chi connectivity index (χ2n) is 5.16. The molecular weight excluding hydrogens is 228 g/mol. The van der Waals surface area contributed by atoms with Crippen LogP contribution in [0.1, 0.15) is 19.4 Å². The topological polar surface area (TPSA) is 71.2 Å². The molecule has 1 amide bonds. The maximum absolute atomic E-state index is 12.1. The van der Waals surface area contributed by atoms with E-state index in [-0.39, 0.29) is 5.91 Å². The Bertz CT molecular complexity index is 398. The third-order valence-corrected chi connectivity index (χ3v) is 2.92. The zero-order chi connectivity index (χ0) is 13.8. The number of nitrogen functional groups attached to an aromatic ring is 1. The monoisotopic (exact) mass is 250 g/mol. The molecule has 0 unspecified atom stereocenters. The van der Waals surface area contributed by atoms with E-state index in [2.05, 4.69) is 10.3 Å². The molecule has 0 atom stereocenters. The molecule has 1 aromatic rings. The van der Waals surface area contributed by atoms with Gasteiger partial charge in [0.2, 0.25) is 5.91 Å². The molecule has 5 heteroatoms. The molecule has 0 bridgehead atoms. The highest BCUT2D eigenvalue weighted by atomic mass is 16.2. The molecule has 3 N–H and O–H groups in total. The number of pyridine rings is 1. The molecule has 18 heavy (non-hydrogen) atoms. The number of nitrogens with two attached hydrogens (primary N) is 1. The molecule has 0 saturated carbocycles. The number of carbonyl (C=O) groups excluding carboxylic acids is 1. The Kier molecular flexibility index (Phi) is 4.67. The molecule has 0 radical (unpaired) electrons. The smallest absolute Gasteiger partial charge is 0.230 e. The van der Waals surface area contributed by atoms with Crippen LogP contribution in [0.25, 0.3) is 0 Å². The predicted molar refractivity (Wildman–Crippen MR) is 73.2 cm³/mol. The number of anilines is 1. The van der Waals surface area contributed by atoms with E-state index in [1.165, 1.54) is 0 Å². The van der Waals surface area contributed by atoms with Crippen LogP contribution in [-0.2, 0) is 10.2 Å². The fourth-order valence-electron chi connectivity index (χ4n) is 1.52. The quantitative estimate of drug-likeness (QED) is 0.803. The van der Waals surface area contributed by atoms with Gasteiger partial charge in [-0.3, -0.25) is 4.79 Å². The molecule has 0 fully saturated rings. The maximum Gasteiger partial charge on any atom is 0.230 e. The Morgan fingerprint density at radius 3 is 2.61 bits per heavy atom. The number of likely N-dealkylation sites (N-methyl/N-ethyl adjacent to an activating group) is 1. The van der Waals surface area contributed by atoms with Crippen molar-refractivity contribution in [1.29, 1.82) is 0 Å². The number of hydrogen-bond donors (Lipinski definition) is 2. The summed E-state index contributed by atoms with van der Waals surface area (Å²) >= 11 is 0. The summed E-state index contributed by atoms with van der Waals surface area (Å²) in [5.41, 5.74) is 5.80. The Balaban J connectivity index is 2.67. The molecule has 5 nitrogen and oxygen atoms in total. The molecule has 1 aromatic heterocycles. The number of rotatable bonds is 5. The van der Waals surface area contributed by atoms with Crippen molar-refractivity contribution in [2.45, 2.75) is 19.3 Å². The normalized spacial score (nSPS) is 11.6. The van der Waals surface area contributed by atoms with Gasteiger partial charge in [-0.05, 0) is 39.6 Å². The fourth-order valence-corrected chi connectivity index (χ4v) is 1.52. The number of nitrogens with one attached hydrogen (secondary N) is 1. The molecule has 0 spiro atoms. The van der Waals surface area contributed by atoms with Crippen molar-refractivity contribution in [1.82, 2.24) is 15.2 Å². The van der Waals surface area contributed by atoms with Gasteiger partial charge in [-0.25, -0.2) is 4.98 Å². The van der Waals surface area contributed by atoms with Crippen LogP contribution in [0.4, 0.5) is 5.82 Å². The summed E-state index contributed by atoms with van der Waals surface area (Å²) in [7, 11) is 3.95. The Hall–Kier alpha value is -1.62. The van der Waals surface area contributed by atoms with Crippen LogP contribution in [-0.4, -0.2) is 43.0 Å². The van der Waals surface area contributed by atoms with Gasteiger partial charge in [0.05, 0.1) is 5.41 Å². The lowest BCUT2D eigenvalue weighted by Gasteiger charge is -2.24. The first-order chi connectivity index (χ1) is 8.34. The van der Waals surface area contributed by atoms with Gasteiger partial charge < -0.3 is 16.0 Å². The van der Waals surface area contributed by atoms with Crippen molar-refractivity contribution in [3.8, 4) is 0 Å². The van der Waals surface area contributed by atoms with Crippen LogP contribution in [0.15, 0.2) is 18.3 Å². The first-order valence-corrected chi connectivity index (χ1v) is 5.99. The molecule has 0 saturated heterocycles. The summed E-state index contributed by atoms with van der Waals surface area (Å²) in [6.45, 7) is 5.22. The number of hydrogen-bond acceptors (Lipinski definition) is 4. The molecular formula is C13H22N4O. The zero-order valence-electron chi connectivity index (χ0n) is 11.5. The summed E-state index contributed by atoms with van der Waals surface area (Å²) in [6, 6.07) is 3.55. The highest BCUT2D eigenvalue weighted by Gasteiger charge is 2.29. The second-order valence-corrected chi connectivity index (χ2v) is 5.16. The molecule has 0 aromatic carbocycles. The van der Waals surface area contributed by atoms with E-state index >= 15 is 0 Å². The summed E-state index contributed by atoms with van der Waals surface area (Å²) in [5.74, 6) is 0.457. The van der Waals surface area contributed by atoms with E-state index in [0.29, 0.717) is 12.4 Å². The molecule has 100 valence electrons. The maximum atomic E-state index is 12.1. The van der Waals surface area contributed by atoms with E-state index in [9.17, 15) is 4.79 Å². The first-order valence-electron chi connectivity index (χ1n) is 5.99. The molecule has 0 aliphatic rings. The standard InChI is InChI=1S/C13H22N4O/c1-13(2,10-5-6-11(14)16-9-10)12(18)15-7-8-17(3)4/h5-6,9H,7-8H2,1-4H3,(H2,14,16)(H,15,18). The first kappa shape index (κ1) is 14.4. The minimum Gasteiger partial charge on any atom is -0.384 e. The average Bonchev–Trinajstić information content (AvgIpc) is 2.28. The van der Waals surface area contributed by atoms with Crippen LogP contribution in [0, 0.1) is 0 Å². The number of nitrogens with zero attached hydrogens (tertiary/aromatic N) is 2. The number of amides is 1. The third kappa shape index (κ3) is 3.70. The van der Waals surface area contributed by atoms with Gasteiger partial charge in [0.25, 0.3) is 0 Å². The van der Waals surface area contributed by atoms with Crippen molar-refractivity contribution in [2.75, 3.05) is 32.9 Å². The second kappa shape index (κ2) is 5.82. The van der Waals surface area contributed by atoms with Crippen LogP contribution >= 0.6 is 0 Å². The van der Waals surface area contributed by atoms with Gasteiger partial charge in [0.1, 0.15) is 5.82 Å². The minimum absolute atomic E-state index is 0.00378. The van der Waals surface area contributed by atoms with Crippen molar-refractivity contribution in [2.24, 2.45) is 0 Å². The predicted octanol–water partition coefficient (Wildman–Crippen LogP) is 0.619. The van der Waals surface area contributed by atoms with Crippen molar-refractivity contribution in [3.05, 3.63) is 23.9 Å². The van der Waals surface area contributed by atoms with Gasteiger partial charge in [-0.2, -0.15) is 0 Å². The third-order valence-electron chi connectivity index (χ3n) is 2.92. The van der Waals surface area contributed by atoms with Crippen LogP contribution in [0.2, 0.25) is 0 Å². The number of carbonyl (C=O) groups is 1. The SMILES string of the molecule is CN(C)CCNC(=O)C(C)(C)c1ccc(N)nc1. The van der Waals surface area contributed by atoms with Crippen molar-refractivity contribution >= 4 is 11.7 Å². The summed E-state index contributed by atoms with van der Waals surface area (Å²) in [5, 5.41) is 2.93. The van der Waals surface area contributed by atoms with Crippen LogP contribution in [0.3, 0.4) is 0 Å². The fraction of sp³-hybridized carbons (Fsp3) is 0.538. The summed E-state index contributed by atoms with van der Waals surface area (Å²) in [4.78, 5) is 18.2.